The van der Waals surface area contributed by atoms with Crippen molar-refractivity contribution in [1.29, 1.82) is 0 Å². The summed E-state index contributed by atoms with van der Waals surface area (Å²) in [5.41, 5.74) is -0.433. The quantitative estimate of drug-likeness (QED) is 0.0495. The van der Waals surface area contributed by atoms with Crippen LogP contribution < -0.4 is 0 Å². The van der Waals surface area contributed by atoms with Gasteiger partial charge in [-0.2, -0.15) is 0 Å². The third-order valence-corrected chi connectivity index (χ3v) is 13.8. The molecular formula is C44H74O8. The number of rotatable bonds is 26. The first-order chi connectivity index (χ1) is 25.0. The van der Waals surface area contributed by atoms with E-state index in [9.17, 15) is 4.79 Å². The molecule has 3 heterocycles. The first-order valence-electron chi connectivity index (χ1n) is 21.5. The van der Waals surface area contributed by atoms with Crippen LogP contribution in [0.4, 0.5) is 0 Å². The van der Waals surface area contributed by atoms with Crippen LogP contribution in [0.1, 0.15) is 163 Å². The topological polar surface area (TPSA) is 81.7 Å². The molecule has 0 atom stereocenters. The molecule has 0 radical (unpaired) electrons. The standard InChI is InChI=1S/C44H74O8/c1-6-15-38(30-46-31-38)18-9-12-21-49-41-24-42(50-22-13-10-19-39(16-7-2)32-47-33-39)26-43(25-41,29-44(27-41,28-42)52-37(45)36(4)5)51-23-14-11-20-40(17-8-3)34-48-35-40/h4,6-35H2,1-3,5H3. The molecule has 4 saturated carbocycles. The van der Waals surface area contributed by atoms with Crippen molar-refractivity contribution in [3.05, 3.63) is 12.2 Å². The van der Waals surface area contributed by atoms with Crippen molar-refractivity contribution in [2.24, 2.45) is 16.2 Å². The van der Waals surface area contributed by atoms with Crippen LogP contribution in [0.2, 0.25) is 0 Å². The van der Waals surface area contributed by atoms with Gasteiger partial charge in [-0.15, -0.1) is 0 Å². The molecule has 4 aliphatic carbocycles. The Morgan fingerprint density at radius 1 is 0.500 bits per heavy atom. The van der Waals surface area contributed by atoms with E-state index in [2.05, 4.69) is 27.4 Å². The van der Waals surface area contributed by atoms with Gasteiger partial charge in [0.1, 0.15) is 5.60 Å². The van der Waals surface area contributed by atoms with Crippen LogP contribution >= 0.6 is 0 Å². The molecule has 7 rings (SSSR count). The molecule has 0 unspecified atom stereocenters. The second-order valence-electron chi connectivity index (χ2n) is 19.1. The molecule has 3 aliphatic heterocycles. The summed E-state index contributed by atoms with van der Waals surface area (Å²) in [6.07, 6.45) is 22.2. The Kier molecular flexibility index (Phi) is 13.3. The van der Waals surface area contributed by atoms with Gasteiger partial charge in [0.15, 0.2) is 0 Å². The number of esters is 1. The molecule has 0 aromatic carbocycles. The van der Waals surface area contributed by atoms with Crippen molar-refractivity contribution >= 4 is 5.97 Å². The number of carbonyl (C=O) groups excluding carboxylic acids is 1. The van der Waals surface area contributed by atoms with Gasteiger partial charge < -0.3 is 33.2 Å². The monoisotopic (exact) mass is 731 g/mol. The van der Waals surface area contributed by atoms with E-state index in [0.717, 1.165) is 97.4 Å². The second-order valence-corrected chi connectivity index (χ2v) is 19.1. The van der Waals surface area contributed by atoms with Gasteiger partial charge in [0.25, 0.3) is 0 Å². The summed E-state index contributed by atoms with van der Waals surface area (Å²) >= 11 is 0. The van der Waals surface area contributed by atoms with Crippen LogP contribution in [-0.2, 0) is 38.0 Å². The van der Waals surface area contributed by atoms with E-state index in [1.165, 1.54) is 57.8 Å². The van der Waals surface area contributed by atoms with Gasteiger partial charge in [-0.05, 0) is 64.7 Å². The van der Waals surface area contributed by atoms with Gasteiger partial charge >= 0.3 is 5.97 Å². The zero-order valence-corrected chi connectivity index (χ0v) is 33.7. The minimum absolute atomic E-state index is 0.306. The van der Waals surface area contributed by atoms with E-state index < -0.39 is 22.4 Å². The maximum absolute atomic E-state index is 13.3. The predicted molar refractivity (Wildman–Crippen MR) is 203 cm³/mol. The summed E-state index contributed by atoms with van der Waals surface area (Å²) in [7, 11) is 0. The summed E-state index contributed by atoms with van der Waals surface area (Å²) in [5, 5.41) is 0. The van der Waals surface area contributed by atoms with Crippen LogP contribution in [0, 0.1) is 16.2 Å². The van der Waals surface area contributed by atoms with Crippen molar-refractivity contribution in [1.82, 2.24) is 0 Å². The Hall–Kier alpha value is -1.03. The average Bonchev–Trinajstić information content (AvgIpc) is 3.03. The first-order valence-corrected chi connectivity index (χ1v) is 21.5. The zero-order chi connectivity index (χ0) is 36.8. The zero-order valence-electron chi connectivity index (χ0n) is 33.7. The normalized spacial score (nSPS) is 33.2. The maximum atomic E-state index is 13.3. The van der Waals surface area contributed by atoms with Crippen LogP contribution in [0.5, 0.6) is 0 Å². The molecule has 8 heteroatoms. The van der Waals surface area contributed by atoms with E-state index in [4.69, 9.17) is 33.2 Å². The van der Waals surface area contributed by atoms with Gasteiger partial charge in [0.2, 0.25) is 0 Å². The predicted octanol–water partition coefficient (Wildman–Crippen LogP) is 9.45. The fourth-order valence-corrected chi connectivity index (χ4v) is 11.8. The Bertz CT molecular complexity index is 1050. The molecular weight excluding hydrogens is 656 g/mol. The van der Waals surface area contributed by atoms with Gasteiger partial charge in [-0.25, -0.2) is 4.79 Å². The Balaban J connectivity index is 1.14. The summed E-state index contributed by atoms with van der Waals surface area (Å²) in [5.74, 6) is -0.306. The lowest BCUT2D eigenvalue weighted by Crippen LogP contribution is -2.74. The van der Waals surface area contributed by atoms with E-state index in [-0.39, 0.29) is 5.97 Å². The lowest BCUT2D eigenvalue weighted by Gasteiger charge is -2.68. The van der Waals surface area contributed by atoms with Crippen molar-refractivity contribution in [3.63, 3.8) is 0 Å². The molecule has 7 fully saturated rings. The SMILES string of the molecule is C=C(C)C(=O)OC12CC3(OCCCCC4(CCC)COC4)CC(OCCCCC4(CCC)COC4)(CC(OCCCCC4(CCC)COC4)(C3)C1)C2. The minimum atomic E-state index is -0.678. The smallest absolute Gasteiger partial charge is 0.333 e. The molecule has 7 aliphatic rings. The first kappa shape index (κ1) is 40.6. The van der Waals surface area contributed by atoms with Gasteiger partial charge in [-0.1, -0.05) is 65.9 Å². The Labute approximate surface area is 316 Å². The van der Waals surface area contributed by atoms with Gasteiger partial charge in [-0.3, -0.25) is 0 Å². The molecule has 0 amide bonds. The lowest BCUT2D eigenvalue weighted by molar-refractivity contribution is -0.327. The molecule has 52 heavy (non-hydrogen) atoms. The number of unbranched alkanes of at least 4 members (excludes halogenated alkanes) is 3. The van der Waals surface area contributed by atoms with E-state index in [1.54, 1.807) is 6.92 Å². The molecule has 298 valence electrons. The van der Waals surface area contributed by atoms with Crippen LogP contribution in [-0.4, -0.2) is 87.8 Å². The Morgan fingerprint density at radius 3 is 1.06 bits per heavy atom. The fraction of sp³-hybridized carbons (Fsp3) is 0.932. The molecule has 4 bridgehead atoms. The third kappa shape index (κ3) is 9.32. The van der Waals surface area contributed by atoms with Crippen LogP contribution in [0.15, 0.2) is 12.2 Å². The maximum Gasteiger partial charge on any atom is 0.333 e. The largest absolute Gasteiger partial charge is 0.455 e. The molecule has 0 aromatic rings. The molecule has 0 aromatic heterocycles. The van der Waals surface area contributed by atoms with Crippen molar-refractivity contribution in [2.75, 3.05) is 59.5 Å². The van der Waals surface area contributed by atoms with Crippen molar-refractivity contribution in [3.8, 4) is 0 Å². The van der Waals surface area contributed by atoms with E-state index in [1.807, 2.05) is 0 Å². The highest BCUT2D eigenvalue weighted by Crippen LogP contribution is 2.65. The van der Waals surface area contributed by atoms with E-state index in [0.29, 0.717) is 60.9 Å². The number of ether oxygens (including phenoxy) is 7. The van der Waals surface area contributed by atoms with Crippen LogP contribution in [0.3, 0.4) is 0 Å². The minimum Gasteiger partial charge on any atom is -0.455 e. The highest BCUT2D eigenvalue weighted by molar-refractivity contribution is 5.87. The van der Waals surface area contributed by atoms with Crippen molar-refractivity contribution < 1.29 is 38.0 Å². The number of carbonyl (C=O) groups is 1. The van der Waals surface area contributed by atoms with Crippen molar-refractivity contribution in [2.45, 2.75) is 185 Å². The average molecular weight is 731 g/mol. The summed E-state index contributed by atoms with van der Waals surface area (Å²) in [6, 6.07) is 0. The fourth-order valence-electron chi connectivity index (χ4n) is 11.8. The number of hydrogen-bond donors (Lipinski definition) is 0. The molecule has 8 nitrogen and oxygen atoms in total. The lowest BCUT2D eigenvalue weighted by atomic mass is 9.48. The van der Waals surface area contributed by atoms with E-state index >= 15 is 0 Å². The summed E-state index contributed by atoms with van der Waals surface area (Å²) in [4.78, 5) is 13.3. The highest BCUT2D eigenvalue weighted by atomic mass is 16.6. The molecule has 3 saturated heterocycles. The van der Waals surface area contributed by atoms with Crippen LogP contribution in [0.25, 0.3) is 0 Å². The summed E-state index contributed by atoms with van der Waals surface area (Å²) < 4.78 is 44.7. The second kappa shape index (κ2) is 17.0. The van der Waals surface area contributed by atoms with Gasteiger partial charge in [0.05, 0.1) is 56.4 Å². The summed E-state index contributed by atoms with van der Waals surface area (Å²) in [6.45, 7) is 20.1. The Morgan fingerprint density at radius 2 is 0.808 bits per heavy atom. The third-order valence-electron chi connectivity index (χ3n) is 13.8. The highest BCUT2D eigenvalue weighted by Gasteiger charge is 2.72. The van der Waals surface area contributed by atoms with Gasteiger partial charge in [0, 0.05) is 80.2 Å². The molecule has 0 N–H and O–H groups in total. The molecule has 0 spiro atoms. The number of hydrogen-bond acceptors (Lipinski definition) is 8.